The van der Waals surface area contributed by atoms with Crippen LogP contribution in [0.4, 0.5) is 5.69 Å². The van der Waals surface area contributed by atoms with E-state index < -0.39 is 0 Å². The predicted molar refractivity (Wildman–Crippen MR) is 90.4 cm³/mol. The van der Waals surface area contributed by atoms with Gasteiger partial charge in [-0.05, 0) is 54.9 Å². The Hall–Kier alpha value is -1.44. The molecule has 1 aromatic rings. The van der Waals surface area contributed by atoms with E-state index in [-0.39, 0.29) is 5.91 Å². The summed E-state index contributed by atoms with van der Waals surface area (Å²) < 4.78 is 0. The molecule has 3 N–H and O–H groups in total. The van der Waals surface area contributed by atoms with Crippen molar-refractivity contribution in [3.05, 3.63) is 29.3 Å². The van der Waals surface area contributed by atoms with Crippen molar-refractivity contribution in [2.75, 3.05) is 23.4 Å². The van der Waals surface area contributed by atoms with E-state index in [1.807, 2.05) is 36.9 Å². The fourth-order valence-corrected chi connectivity index (χ4v) is 3.61. The second-order valence-corrected chi connectivity index (χ2v) is 6.57. The summed E-state index contributed by atoms with van der Waals surface area (Å²) in [7, 11) is 0. The number of hydrogen-bond acceptors (Lipinski definition) is 3. The lowest BCUT2D eigenvalue weighted by atomic mass is 9.98. The van der Waals surface area contributed by atoms with Gasteiger partial charge in [0.2, 0.25) is 5.91 Å². The summed E-state index contributed by atoms with van der Waals surface area (Å²) in [6.07, 6.45) is 2.93. The van der Waals surface area contributed by atoms with Crippen LogP contribution >= 0.6 is 11.8 Å². The highest BCUT2D eigenvalue weighted by Crippen LogP contribution is 2.25. The number of aryl methyl sites for hydroxylation is 1. The lowest BCUT2D eigenvalue weighted by molar-refractivity contribution is -0.117. The summed E-state index contributed by atoms with van der Waals surface area (Å²) in [5, 5.41) is 2.99. The predicted octanol–water partition coefficient (Wildman–Crippen LogP) is 2.78. The van der Waals surface area contributed by atoms with Gasteiger partial charge in [0, 0.05) is 17.7 Å². The molecule has 1 saturated heterocycles. The molecule has 4 heteroatoms. The molecule has 0 atom stereocenters. The fourth-order valence-electron chi connectivity index (χ4n) is 2.41. The van der Waals surface area contributed by atoms with Crippen LogP contribution in [0, 0.1) is 24.7 Å². The minimum atomic E-state index is 0.105. The molecule has 0 spiro atoms. The maximum atomic E-state index is 12.1. The van der Waals surface area contributed by atoms with Gasteiger partial charge in [0.15, 0.2) is 0 Å². The van der Waals surface area contributed by atoms with Gasteiger partial charge in [-0.3, -0.25) is 4.79 Å². The topological polar surface area (TPSA) is 55.1 Å². The first-order valence-electron chi connectivity index (χ1n) is 7.36. The van der Waals surface area contributed by atoms with Gasteiger partial charge in [-0.25, -0.2) is 0 Å². The van der Waals surface area contributed by atoms with Gasteiger partial charge in [0.1, 0.15) is 0 Å². The Morgan fingerprint density at radius 1 is 1.43 bits per heavy atom. The van der Waals surface area contributed by atoms with E-state index in [1.54, 1.807) is 0 Å². The minimum absolute atomic E-state index is 0.105. The van der Waals surface area contributed by atoms with Crippen LogP contribution in [0.15, 0.2) is 18.2 Å². The molecule has 3 nitrogen and oxygen atoms in total. The Labute approximate surface area is 131 Å². The summed E-state index contributed by atoms with van der Waals surface area (Å²) >= 11 is 1.98. The van der Waals surface area contributed by atoms with Crippen LogP contribution in [0.2, 0.25) is 0 Å². The Kier molecular flexibility index (Phi) is 6.16. The largest absolute Gasteiger partial charge is 0.326 e. The molecule has 21 heavy (non-hydrogen) atoms. The maximum absolute atomic E-state index is 12.1. The van der Waals surface area contributed by atoms with Gasteiger partial charge < -0.3 is 11.1 Å². The molecular formula is C17H22N2OS. The normalized spacial score (nSPS) is 15.1. The number of nitrogens with one attached hydrogen (secondary N) is 1. The van der Waals surface area contributed by atoms with Crippen LogP contribution in [0.25, 0.3) is 0 Å². The van der Waals surface area contributed by atoms with Crippen LogP contribution in [0.5, 0.6) is 0 Å². The van der Waals surface area contributed by atoms with Gasteiger partial charge in [0.25, 0.3) is 0 Å². The monoisotopic (exact) mass is 302 g/mol. The van der Waals surface area contributed by atoms with E-state index in [0.717, 1.165) is 29.7 Å². The smallest absolute Gasteiger partial charge is 0.224 e. The number of rotatable bonds is 3. The second-order valence-electron chi connectivity index (χ2n) is 5.34. The summed E-state index contributed by atoms with van der Waals surface area (Å²) in [6.45, 7) is 2.35. The van der Waals surface area contributed by atoms with Crippen molar-refractivity contribution in [1.29, 1.82) is 0 Å². The third kappa shape index (κ3) is 5.11. The fraction of sp³-hybridized carbons (Fsp3) is 0.471. The molecule has 1 fully saturated rings. The molecule has 1 aromatic carbocycles. The number of carbonyl (C=O) groups is 1. The van der Waals surface area contributed by atoms with Crippen LogP contribution in [-0.4, -0.2) is 24.0 Å². The van der Waals surface area contributed by atoms with Gasteiger partial charge in [-0.1, -0.05) is 17.9 Å². The zero-order chi connectivity index (χ0) is 15.1. The highest BCUT2D eigenvalue weighted by atomic mass is 32.2. The zero-order valence-electron chi connectivity index (χ0n) is 12.4. The standard InChI is InChI=1S/C17H22N2OS/c1-13-4-5-16(12-15(13)3-2-8-18)19-17(20)11-14-6-9-21-10-7-14/h4-5,12,14H,6-11,18H2,1H3,(H,19,20). The molecule has 1 amide bonds. The molecule has 0 bridgehead atoms. The minimum Gasteiger partial charge on any atom is -0.326 e. The van der Waals surface area contributed by atoms with E-state index in [1.165, 1.54) is 11.5 Å². The van der Waals surface area contributed by atoms with Gasteiger partial charge in [0.05, 0.1) is 6.54 Å². The third-order valence-corrected chi connectivity index (χ3v) is 4.71. The van der Waals surface area contributed by atoms with Crippen LogP contribution in [0.1, 0.15) is 30.4 Å². The highest BCUT2D eigenvalue weighted by Gasteiger charge is 2.17. The van der Waals surface area contributed by atoms with E-state index in [9.17, 15) is 4.79 Å². The third-order valence-electron chi connectivity index (χ3n) is 3.66. The first kappa shape index (κ1) is 15.9. The van der Waals surface area contributed by atoms with Crippen LogP contribution in [-0.2, 0) is 4.79 Å². The second kappa shape index (κ2) is 8.11. The molecule has 0 aliphatic carbocycles. The molecule has 2 rings (SSSR count). The molecule has 0 unspecified atom stereocenters. The van der Waals surface area contributed by atoms with Crippen LogP contribution < -0.4 is 11.1 Å². The first-order chi connectivity index (χ1) is 10.2. The van der Waals surface area contributed by atoms with Crippen molar-refractivity contribution in [2.45, 2.75) is 26.2 Å². The molecular weight excluding hydrogens is 280 g/mol. The van der Waals surface area contributed by atoms with E-state index in [0.29, 0.717) is 18.9 Å². The molecule has 1 aliphatic heterocycles. The molecule has 0 aromatic heterocycles. The SMILES string of the molecule is Cc1ccc(NC(=O)CC2CCSCC2)cc1C#CCN. The Balaban J connectivity index is 1.96. The zero-order valence-corrected chi connectivity index (χ0v) is 13.3. The maximum Gasteiger partial charge on any atom is 0.224 e. The summed E-state index contributed by atoms with van der Waals surface area (Å²) in [4.78, 5) is 12.1. The number of hydrogen-bond donors (Lipinski definition) is 2. The molecule has 0 radical (unpaired) electrons. The number of nitrogens with two attached hydrogens (primary N) is 1. The average Bonchev–Trinajstić information content (AvgIpc) is 2.48. The van der Waals surface area contributed by atoms with E-state index in [2.05, 4.69) is 17.2 Å². The molecule has 1 aliphatic rings. The lowest BCUT2D eigenvalue weighted by Gasteiger charge is -2.20. The molecule has 1 heterocycles. The summed E-state index contributed by atoms with van der Waals surface area (Å²) in [5.41, 5.74) is 8.24. The van der Waals surface area contributed by atoms with Gasteiger partial charge >= 0.3 is 0 Å². The number of carbonyl (C=O) groups excluding carboxylic acids is 1. The summed E-state index contributed by atoms with van der Waals surface area (Å²) in [6, 6.07) is 5.83. The number of thioether (sulfide) groups is 1. The molecule has 0 saturated carbocycles. The Morgan fingerprint density at radius 2 is 2.19 bits per heavy atom. The van der Waals surface area contributed by atoms with Gasteiger partial charge in [-0.2, -0.15) is 11.8 Å². The Morgan fingerprint density at radius 3 is 2.90 bits per heavy atom. The highest BCUT2D eigenvalue weighted by molar-refractivity contribution is 7.99. The Bertz CT molecular complexity index is 554. The number of amides is 1. The lowest BCUT2D eigenvalue weighted by Crippen LogP contribution is -2.19. The first-order valence-corrected chi connectivity index (χ1v) is 8.51. The van der Waals surface area contributed by atoms with Crippen molar-refractivity contribution < 1.29 is 4.79 Å². The van der Waals surface area contributed by atoms with Crippen molar-refractivity contribution in [2.24, 2.45) is 11.7 Å². The quantitative estimate of drug-likeness (QED) is 0.844. The number of benzene rings is 1. The van der Waals surface area contributed by atoms with Crippen molar-refractivity contribution in [1.82, 2.24) is 0 Å². The van der Waals surface area contributed by atoms with Crippen molar-refractivity contribution in [3.8, 4) is 11.8 Å². The molecule has 112 valence electrons. The van der Waals surface area contributed by atoms with E-state index in [4.69, 9.17) is 5.73 Å². The summed E-state index contributed by atoms with van der Waals surface area (Å²) in [5.74, 6) is 8.90. The van der Waals surface area contributed by atoms with Crippen LogP contribution in [0.3, 0.4) is 0 Å². The number of anilines is 1. The van der Waals surface area contributed by atoms with Crippen molar-refractivity contribution >= 4 is 23.4 Å². The average molecular weight is 302 g/mol. The van der Waals surface area contributed by atoms with Gasteiger partial charge in [-0.15, -0.1) is 0 Å². The van der Waals surface area contributed by atoms with Crippen molar-refractivity contribution in [3.63, 3.8) is 0 Å². The van der Waals surface area contributed by atoms with E-state index >= 15 is 0 Å².